The molecular formula is C21H27N3O2S. The van der Waals surface area contributed by atoms with E-state index < -0.39 is 0 Å². The number of aryl methyl sites for hydroxylation is 2. The average Bonchev–Trinajstić information content (AvgIpc) is 3.29. The van der Waals surface area contributed by atoms with Crippen molar-refractivity contribution in [3.63, 3.8) is 0 Å². The van der Waals surface area contributed by atoms with Gasteiger partial charge in [0, 0.05) is 23.7 Å². The standard InChI is InChI=1S/C21H27N3O2S/c1-15-7-4-8-16(2)21(15)22-19(25)13-23(3)20(26)14-24-11-5-9-17(24)18-10-6-12-27-18/h4,6-8,10,12,17H,5,9,11,13-14H2,1-3H3,(H,22,25)/t17-/m0/s1. The van der Waals surface area contributed by atoms with E-state index >= 15 is 0 Å². The maximum Gasteiger partial charge on any atom is 0.243 e. The first-order chi connectivity index (χ1) is 13.0. The number of anilines is 1. The van der Waals surface area contributed by atoms with Crippen LogP contribution in [-0.4, -0.2) is 48.3 Å². The molecule has 1 aromatic carbocycles. The average molecular weight is 386 g/mol. The van der Waals surface area contributed by atoms with Crippen molar-refractivity contribution in [2.45, 2.75) is 32.7 Å². The van der Waals surface area contributed by atoms with Gasteiger partial charge in [0.2, 0.25) is 11.8 Å². The Balaban J connectivity index is 1.55. The lowest BCUT2D eigenvalue weighted by Crippen LogP contribution is -2.41. The van der Waals surface area contributed by atoms with Gasteiger partial charge < -0.3 is 10.2 Å². The van der Waals surface area contributed by atoms with Crippen LogP contribution >= 0.6 is 11.3 Å². The molecule has 0 radical (unpaired) electrons. The van der Waals surface area contributed by atoms with Gasteiger partial charge in [0.15, 0.2) is 0 Å². The Morgan fingerprint density at radius 1 is 1.22 bits per heavy atom. The van der Waals surface area contributed by atoms with Gasteiger partial charge in [-0.15, -0.1) is 11.3 Å². The first-order valence-electron chi connectivity index (χ1n) is 9.33. The van der Waals surface area contributed by atoms with Gasteiger partial charge in [-0.3, -0.25) is 14.5 Å². The second-order valence-corrected chi connectivity index (χ2v) is 8.19. The van der Waals surface area contributed by atoms with Crippen LogP contribution in [0.15, 0.2) is 35.7 Å². The molecular weight excluding hydrogens is 358 g/mol. The zero-order valence-electron chi connectivity index (χ0n) is 16.2. The fraction of sp³-hybridized carbons (Fsp3) is 0.429. The van der Waals surface area contributed by atoms with Crippen molar-refractivity contribution in [2.24, 2.45) is 0 Å². The number of para-hydroxylation sites is 1. The predicted octanol–water partition coefficient (Wildman–Crippen LogP) is 3.60. The molecule has 1 saturated heterocycles. The molecule has 1 aliphatic rings. The number of rotatable bonds is 6. The molecule has 1 N–H and O–H groups in total. The Morgan fingerprint density at radius 3 is 2.63 bits per heavy atom. The van der Waals surface area contributed by atoms with Crippen LogP contribution in [-0.2, 0) is 9.59 Å². The van der Waals surface area contributed by atoms with E-state index in [2.05, 4.69) is 27.7 Å². The van der Waals surface area contributed by atoms with Crippen LogP contribution in [0.1, 0.15) is 34.9 Å². The highest BCUT2D eigenvalue weighted by molar-refractivity contribution is 7.10. The van der Waals surface area contributed by atoms with E-state index in [0.29, 0.717) is 12.6 Å². The van der Waals surface area contributed by atoms with E-state index in [9.17, 15) is 9.59 Å². The number of thiophene rings is 1. The van der Waals surface area contributed by atoms with E-state index in [4.69, 9.17) is 0 Å². The molecule has 1 aliphatic heterocycles. The Labute approximate surface area is 165 Å². The second-order valence-electron chi connectivity index (χ2n) is 7.21. The number of benzene rings is 1. The first-order valence-corrected chi connectivity index (χ1v) is 10.2. The zero-order chi connectivity index (χ0) is 19.4. The summed E-state index contributed by atoms with van der Waals surface area (Å²) in [5.41, 5.74) is 2.88. The third-order valence-corrected chi connectivity index (χ3v) is 6.10. The molecule has 0 unspecified atom stereocenters. The summed E-state index contributed by atoms with van der Waals surface area (Å²) in [6.07, 6.45) is 2.19. The summed E-state index contributed by atoms with van der Waals surface area (Å²) < 4.78 is 0. The molecule has 1 fully saturated rings. The predicted molar refractivity (Wildman–Crippen MR) is 110 cm³/mol. The maximum absolute atomic E-state index is 12.6. The lowest BCUT2D eigenvalue weighted by Gasteiger charge is -2.26. The molecule has 0 bridgehead atoms. The Hall–Kier alpha value is -2.18. The smallest absolute Gasteiger partial charge is 0.243 e. The quantitative estimate of drug-likeness (QED) is 0.827. The number of hydrogen-bond acceptors (Lipinski definition) is 4. The number of amides is 2. The number of carbonyl (C=O) groups is 2. The lowest BCUT2D eigenvalue weighted by atomic mass is 10.1. The van der Waals surface area contributed by atoms with Gasteiger partial charge in [0.25, 0.3) is 0 Å². The van der Waals surface area contributed by atoms with Crippen molar-refractivity contribution in [1.29, 1.82) is 0 Å². The van der Waals surface area contributed by atoms with E-state index in [1.54, 1.807) is 18.4 Å². The SMILES string of the molecule is Cc1cccc(C)c1NC(=O)CN(C)C(=O)CN1CCC[C@H]1c1cccs1. The topological polar surface area (TPSA) is 52.7 Å². The third-order valence-electron chi connectivity index (χ3n) is 5.13. The Morgan fingerprint density at radius 2 is 1.96 bits per heavy atom. The fourth-order valence-electron chi connectivity index (χ4n) is 3.61. The van der Waals surface area contributed by atoms with Crippen LogP contribution in [0.3, 0.4) is 0 Å². The van der Waals surface area contributed by atoms with Gasteiger partial charge in [-0.2, -0.15) is 0 Å². The van der Waals surface area contributed by atoms with Crippen LogP contribution in [0.4, 0.5) is 5.69 Å². The van der Waals surface area contributed by atoms with Gasteiger partial charge in [-0.1, -0.05) is 24.3 Å². The molecule has 2 heterocycles. The van der Waals surface area contributed by atoms with Crippen molar-refractivity contribution in [3.8, 4) is 0 Å². The van der Waals surface area contributed by atoms with Crippen LogP contribution in [0, 0.1) is 13.8 Å². The van der Waals surface area contributed by atoms with Gasteiger partial charge in [0.1, 0.15) is 0 Å². The molecule has 1 atom stereocenters. The van der Waals surface area contributed by atoms with Gasteiger partial charge in [0.05, 0.1) is 13.1 Å². The largest absolute Gasteiger partial charge is 0.335 e. The van der Waals surface area contributed by atoms with Crippen molar-refractivity contribution < 1.29 is 9.59 Å². The monoisotopic (exact) mass is 385 g/mol. The van der Waals surface area contributed by atoms with Crippen LogP contribution in [0.5, 0.6) is 0 Å². The minimum Gasteiger partial charge on any atom is -0.335 e. The van der Waals surface area contributed by atoms with Gasteiger partial charge in [-0.25, -0.2) is 0 Å². The van der Waals surface area contributed by atoms with E-state index in [-0.39, 0.29) is 18.4 Å². The summed E-state index contributed by atoms with van der Waals surface area (Å²) >= 11 is 1.74. The minimum atomic E-state index is -0.167. The summed E-state index contributed by atoms with van der Waals surface area (Å²) in [7, 11) is 1.70. The van der Waals surface area contributed by atoms with Crippen molar-refractivity contribution in [3.05, 3.63) is 51.7 Å². The van der Waals surface area contributed by atoms with E-state index in [0.717, 1.165) is 36.2 Å². The van der Waals surface area contributed by atoms with Crippen LogP contribution in [0.25, 0.3) is 0 Å². The molecule has 5 nitrogen and oxygen atoms in total. The number of likely N-dealkylation sites (tertiary alicyclic amines) is 1. The maximum atomic E-state index is 12.6. The van der Waals surface area contributed by atoms with Gasteiger partial charge in [-0.05, 0) is 55.8 Å². The fourth-order valence-corrected chi connectivity index (χ4v) is 4.50. The first kappa shape index (κ1) is 19.6. The number of hydrogen-bond donors (Lipinski definition) is 1. The summed E-state index contributed by atoms with van der Waals surface area (Å²) in [4.78, 5) is 30.1. The second kappa shape index (κ2) is 8.67. The number of nitrogens with zero attached hydrogens (tertiary/aromatic N) is 2. The van der Waals surface area contributed by atoms with Crippen molar-refractivity contribution in [2.75, 3.05) is 32.0 Å². The number of likely N-dealkylation sites (N-methyl/N-ethyl adjacent to an activating group) is 1. The zero-order valence-corrected chi connectivity index (χ0v) is 17.0. The molecule has 0 spiro atoms. The van der Waals surface area contributed by atoms with Crippen LogP contribution in [0.2, 0.25) is 0 Å². The van der Waals surface area contributed by atoms with Crippen molar-refractivity contribution in [1.82, 2.24) is 9.80 Å². The normalized spacial score (nSPS) is 17.1. The molecule has 144 valence electrons. The Bertz CT molecular complexity index is 784. The molecule has 0 aliphatic carbocycles. The number of carbonyl (C=O) groups excluding carboxylic acids is 2. The summed E-state index contributed by atoms with van der Waals surface area (Å²) in [5.74, 6) is -0.186. The molecule has 0 saturated carbocycles. The molecule has 2 amide bonds. The summed E-state index contributed by atoms with van der Waals surface area (Å²) in [6, 6.07) is 10.4. The van der Waals surface area contributed by atoms with E-state index in [1.807, 2.05) is 32.0 Å². The highest BCUT2D eigenvalue weighted by Crippen LogP contribution is 2.34. The highest BCUT2D eigenvalue weighted by atomic mass is 32.1. The van der Waals surface area contributed by atoms with Crippen LogP contribution < -0.4 is 5.32 Å². The van der Waals surface area contributed by atoms with Gasteiger partial charge >= 0.3 is 0 Å². The molecule has 1 aromatic heterocycles. The van der Waals surface area contributed by atoms with Crippen molar-refractivity contribution >= 4 is 28.8 Å². The molecule has 2 aromatic rings. The molecule has 27 heavy (non-hydrogen) atoms. The number of nitrogens with one attached hydrogen (secondary N) is 1. The summed E-state index contributed by atoms with van der Waals surface area (Å²) in [5, 5.41) is 5.03. The Kier molecular flexibility index (Phi) is 6.29. The lowest BCUT2D eigenvalue weighted by molar-refractivity contribution is -0.134. The minimum absolute atomic E-state index is 0.0184. The molecule has 3 rings (SSSR count). The summed E-state index contributed by atoms with van der Waals surface area (Å²) in [6.45, 7) is 5.28. The van der Waals surface area contributed by atoms with E-state index in [1.165, 1.54) is 9.78 Å². The third kappa shape index (κ3) is 4.76. The molecule has 6 heteroatoms. The highest BCUT2D eigenvalue weighted by Gasteiger charge is 2.29.